The lowest BCUT2D eigenvalue weighted by Gasteiger charge is -2.03. The Morgan fingerprint density at radius 1 is 1.05 bits per heavy atom. The number of hydrogen-bond acceptors (Lipinski definition) is 1. The number of nitrogens with zero attached hydrogens (tertiary/aromatic N) is 1. The van der Waals surface area contributed by atoms with Crippen molar-refractivity contribution in [2.24, 2.45) is 0 Å². The second kappa shape index (κ2) is 8.56. The Morgan fingerprint density at radius 2 is 1.73 bits per heavy atom. The summed E-state index contributed by atoms with van der Waals surface area (Å²) in [5.41, 5.74) is 4.34. The zero-order valence-corrected chi connectivity index (χ0v) is 14.4. The van der Waals surface area contributed by atoms with Gasteiger partial charge in [0.2, 0.25) is 0 Å². The molecule has 2 heteroatoms. The summed E-state index contributed by atoms with van der Waals surface area (Å²) in [5.74, 6) is 0. The lowest BCUT2D eigenvalue weighted by Crippen LogP contribution is -1.85. The van der Waals surface area contributed by atoms with E-state index in [1.54, 1.807) is 0 Å². The van der Waals surface area contributed by atoms with E-state index in [1.165, 1.54) is 30.4 Å². The fourth-order valence-electron chi connectivity index (χ4n) is 2.29. The number of rotatable bonds is 6. The van der Waals surface area contributed by atoms with Gasteiger partial charge in [0.05, 0.1) is 11.6 Å². The quantitative estimate of drug-likeness (QED) is 0.449. The van der Waals surface area contributed by atoms with Crippen LogP contribution in [0, 0.1) is 11.3 Å². The number of halogens is 1. The first-order chi connectivity index (χ1) is 10.7. The standard InChI is InChI=1S/C20H20BrN/c1-2-3-4-5-16-6-8-17(9-7-16)14-20(21)19-12-10-18(15-22)11-13-19/h6-14H,2-5H2,1H3. The molecule has 0 saturated heterocycles. The third-order valence-electron chi connectivity index (χ3n) is 3.63. The summed E-state index contributed by atoms with van der Waals surface area (Å²) in [4.78, 5) is 0. The average molecular weight is 354 g/mol. The van der Waals surface area contributed by atoms with Gasteiger partial charge in [-0.2, -0.15) is 5.26 Å². The number of aryl methyl sites for hydroxylation is 1. The first-order valence-corrected chi connectivity index (χ1v) is 8.49. The van der Waals surface area contributed by atoms with Gasteiger partial charge < -0.3 is 0 Å². The van der Waals surface area contributed by atoms with Crippen molar-refractivity contribution in [2.75, 3.05) is 0 Å². The smallest absolute Gasteiger partial charge is 0.0991 e. The van der Waals surface area contributed by atoms with Gasteiger partial charge in [-0.15, -0.1) is 0 Å². The maximum atomic E-state index is 8.83. The van der Waals surface area contributed by atoms with Crippen molar-refractivity contribution in [1.29, 1.82) is 5.26 Å². The Kier molecular flexibility index (Phi) is 6.43. The van der Waals surface area contributed by atoms with E-state index in [9.17, 15) is 0 Å². The molecular formula is C20H20BrN. The van der Waals surface area contributed by atoms with Gasteiger partial charge in [-0.1, -0.05) is 72.1 Å². The van der Waals surface area contributed by atoms with Crippen LogP contribution in [0.2, 0.25) is 0 Å². The van der Waals surface area contributed by atoms with Crippen LogP contribution in [0.25, 0.3) is 10.6 Å². The minimum absolute atomic E-state index is 0.681. The van der Waals surface area contributed by atoms with Gasteiger partial charge in [-0.3, -0.25) is 0 Å². The first kappa shape index (κ1) is 16.5. The Hall–Kier alpha value is -1.85. The molecule has 0 aromatic heterocycles. The molecule has 0 amide bonds. The molecule has 0 N–H and O–H groups in total. The Bertz CT molecular complexity index is 660. The predicted molar refractivity (Wildman–Crippen MR) is 97.6 cm³/mol. The van der Waals surface area contributed by atoms with Crippen LogP contribution >= 0.6 is 15.9 Å². The lowest BCUT2D eigenvalue weighted by molar-refractivity contribution is 0.717. The second-order valence-corrected chi connectivity index (χ2v) is 6.23. The van der Waals surface area contributed by atoms with Gasteiger partial charge in [0.15, 0.2) is 0 Å². The second-order valence-electron chi connectivity index (χ2n) is 5.38. The first-order valence-electron chi connectivity index (χ1n) is 7.69. The summed E-state index contributed by atoms with van der Waals surface area (Å²) >= 11 is 3.62. The molecule has 22 heavy (non-hydrogen) atoms. The van der Waals surface area contributed by atoms with Gasteiger partial charge in [-0.25, -0.2) is 0 Å². The third-order valence-corrected chi connectivity index (χ3v) is 4.32. The molecule has 0 radical (unpaired) electrons. The summed E-state index contributed by atoms with van der Waals surface area (Å²) < 4.78 is 1.02. The molecular weight excluding hydrogens is 334 g/mol. The molecule has 112 valence electrons. The fraction of sp³-hybridized carbons (Fsp3) is 0.250. The molecule has 0 heterocycles. The van der Waals surface area contributed by atoms with Crippen LogP contribution in [0.3, 0.4) is 0 Å². The minimum Gasteiger partial charge on any atom is -0.192 e. The van der Waals surface area contributed by atoms with Gasteiger partial charge in [0.1, 0.15) is 0 Å². The van der Waals surface area contributed by atoms with E-state index in [2.05, 4.69) is 59.3 Å². The highest BCUT2D eigenvalue weighted by atomic mass is 79.9. The molecule has 0 saturated carbocycles. The molecule has 0 unspecified atom stereocenters. The largest absolute Gasteiger partial charge is 0.192 e. The maximum absolute atomic E-state index is 8.83. The normalized spacial score (nSPS) is 11.2. The van der Waals surface area contributed by atoms with Gasteiger partial charge >= 0.3 is 0 Å². The van der Waals surface area contributed by atoms with Crippen LogP contribution in [0.4, 0.5) is 0 Å². The van der Waals surface area contributed by atoms with E-state index in [-0.39, 0.29) is 0 Å². The van der Waals surface area contributed by atoms with E-state index in [4.69, 9.17) is 5.26 Å². The number of benzene rings is 2. The molecule has 0 atom stereocenters. The SMILES string of the molecule is CCCCCc1ccc(C=C(Br)c2ccc(C#N)cc2)cc1. The summed E-state index contributed by atoms with van der Waals surface area (Å²) in [7, 11) is 0. The maximum Gasteiger partial charge on any atom is 0.0991 e. The summed E-state index contributed by atoms with van der Waals surface area (Å²) in [5, 5.41) is 8.83. The highest BCUT2D eigenvalue weighted by Crippen LogP contribution is 2.24. The summed E-state index contributed by atoms with van der Waals surface area (Å²) in [6, 6.07) is 18.5. The van der Waals surface area contributed by atoms with Gasteiger partial charge in [-0.05, 0) is 47.7 Å². The van der Waals surface area contributed by atoms with Crippen molar-refractivity contribution in [2.45, 2.75) is 32.6 Å². The van der Waals surface area contributed by atoms with Crippen molar-refractivity contribution >= 4 is 26.5 Å². The Labute approximate surface area is 141 Å². The Morgan fingerprint density at radius 3 is 2.32 bits per heavy atom. The number of hydrogen-bond donors (Lipinski definition) is 0. The third kappa shape index (κ3) is 4.86. The van der Waals surface area contributed by atoms with Crippen LogP contribution in [0.15, 0.2) is 48.5 Å². The van der Waals surface area contributed by atoms with E-state index in [0.717, 1.165) is 16.5 Å². The van der Waals surface area contributed by atoms with Crippen molar-refractivity contribution in [3.8, 4) is 6.07 Å². The van der Waals surface area contributed by atoms with E-state index < -0.39 is 0 Å². The molecule has 0 fully saturated rings. The summed E-state index contributed by atoms with van der Waals surface area (Å²) in [6.45, 7) is 2.23. The van der Waals surface area contributed by atoms with E-state index in [0.29, 0.717) is 5.56 Å². The lowest BCUT2D eigenvalue weighted by atomic mass is 10.0. The molecule has 0 bridgehead atoms. The van der Waals surface area contributed by atoms with Gasteiger partial charge in [0, 0.05) is 4.48 Å². The highest BCUT2D eigenvalue weighted by Gasteiger charge is 1.99. The van der Waals surface area contributed by atoms with Crippen molar-refractivity contribution < 1.29 is 0 Å². The topological polar surface area (TPSA) is 23.8 Å². The van der Waals surface area contributed by atoms with Crippen LogP contribution in [-0.4, -0.2) is 0 Å². The van der Waals surface area contributed by atoms with Crippen LogP contribution in [0.5, 0.6) is 0 Å². The van der Waals surface area contributed by atoms with Gasteiger partial charge in [0.25, 0.3) is 0 Å². The summed E-state index contributed by atoms with van der Waals surface area (Å²) in [6.07, 6.45) is 7.09. The number of unbranched alkanes of at least 4 members (excludes halogenated alkanes) is 2. The minimum atomic E-state index is 0.681. The van der Waals surface area contributed by atoms with Crippen molar-refractivity contribution in [3.63, 3.8) is 0 Å². The highest BCUT2D eigenvalue weighted by molar-refractivity contribution is 9.15. The molecule has 0 aliphatic heterocycles. The fourth-order valence-corrected chi connectivity index (χ4v) is 2.82. The average Bonchev–Trinajstić information content (AvgIpc) is 2.57. The predicted octanol–water partition coefficient (Wildman–Crippen LogP) is 6.18. The van der Waals surface area contributed by atoms with E-state index in [1.807, 2.05) is 24.3 Å². The van der Waals surface area contributed by atoms with Crippen molar-refractivity contribution in [3.05, 3.63) is 70.8 Å². The molecule has 0 aliphatic rings. The molecule has 2 aromatic carbocycles. The molecule has 0 spiro atoms. The molecule has 2 rings (SSSR count). The van der Waals surface area contributed by atoms with Crippen LogP contribution in [-0.2, 0) is 6.42 Å². The Balaban J connectivity index is 2.06. The van der Waals surface area contributed by atoms with E-state index >= 15 is 0 Å². The number of nitriles is 1. The van der Waals surface area contributed by atoms with Crippen molar-refractivity contribution in [1.82, 2.24) is 0 Å². The van der Waals surface area contributed by atoms with Crippen LogP contribution in [0.1, 0.15) is 48.4 Å². The molecule has 2 aromatic rings. The zero-order chi connectivity index (χ0) is 15.8. The zero-order valence-electron chi connectivity index (χ0n) is 12.8. The molecule has 1 nitrogen and oxygen atoms in total. The monoisotopic (exact) mass is 353 g/mol. The molecule has 0 aliphatic carbocycles. The van der Waals surface area contributed by atoms with Crippen LogP contribution < -0.4 is 0 Å².